The third-order valence-corrected chi connectivity index (χ3v) is 4.83. The van der Waals surface area contributed by atoms with E-state index in [1.165, 1.54) is 12.8 Å². The molecule has 2 fully saturated rings. The number of amides is 1. The number of hydrogen-bond acceptors (Lipinski definition) is 6. The summed E-state index contributed by atoms with van der Waals surface area (Å²) in [6.07, 6.45) is 5.46. The summed E-state index contributed by atoms with van der Waals surface area (Å²) in [6.45, 7) is 5.36. The Morgan fingerprint density at radius 3 is 2.84 bits per heavy atom. The topological polar surface area (TPSA) is 71.7 Å². The molecule has 4 heterocycles. The number of carbonyl (C=O) groups excluding carboxylic acids is 1. The van der Waals surface area contributed by atoms with Crippen LogP contribution in [0.3, 0.4) is 0 Å². The van der Waals surface area contributed by atoms with Crippen molar-refractivity contribution in [2.45, 2.75) is 25.9 Å². The molecule has 7 heteroatoms. The normalized spacial score (nSPS) is 20.9. The number of anilines is 1. The van der Waals surface area contributed by atoms with Crippen LogP contribution in [-0.2, 0) is 4.74 Å². The highest BCUT2D eigenvalue weighted by atomic mass is 16.5. The Bertz CT molecular complexity index is 754. The van der Waals surface area contributed by atoms with Crippen LogP contribution in [-0.4, -0.2) is 53.6 Å². The maximum Gasteiger partial charge on any atom is 0.257 e. The Morgan fingerprint density at radius 1 is 1.24 bits per heavy atom. The van der Waals surface area contributed by atoms with Gasteiger partial charge in [-0.05, 0) is 31.9 Å². The predicted octanol–water partition coefficient (Wildman–Crippen LogP) is 2.19. The number of carbonyl (C=O) groups is 1. The SMILES string of the molecule is Cc1occc1C(=O)N1CCO[C@H](c2ccnc(N3CCCC3)n2)C1. The van der Waals surface area contributed by atoms with Crippen LogP contribution in [0.2, 0.25) is 0 Å². The summed E-state index contributed by atoms with van der Waals surface area (Å²) < 4.78 is 11.1. The highest BCUT2D eigenvalue weighted by Crippen LogP contribution is 2.24. The van der Waals surface area contributed by atoms with Crippen LogP contribution < -0.4 is 4.90 Å². The quantitative estimate of drug-likeness (QED) is 0.851. The van der Waals surface area contributed by atoms with Crippen LogP contribution in [0.15, 0.2) is 29.0 Å². The molecule has 0 aliphatic carbocycles. The van der Waals surface area contributed by atoms with E-state index in [0.717, 1.165) is 24.7 Å². The molecule has 0 aromatic carbocycles. The second-order valence-electron chi connectivity index (χ2n) is 6.48. The Hall–Kier alpha value is -2.41. The van der Waals surface area contributed by atoms with Gasteiger partial charge in [0.05, 0.1) is 30.7 Å². The van der Waals surface area contributed by atoms with Crippen LogP contribution in [0.4, 0.5) is 5.95 Å². The zero-order valence-corrected chi connectivity index (χ0v) is 14.4. The molecule has 0 spiro atoms. The van der Waals surface area contributed by atoms with Crippen molar-refractivity contribution in [2.75, 3.05) is 37.7 Å². The van der Waals surface area contributed by atoms with E-state index in [2.05, 4.69) is 14.9 Å². The second kappa shape index (κ2) is 6.84. The molecule has 0 N–H and O–H groups in total. The van der Waals surface area contributed by atoms with Gasteiger partial charge in [-0.15, -0.1) is 0 Å². The van der Waals surface area contributed by atoms with Gasteiger partial charge in [0.2, 0.25) is 5.95 Å². The van der Waals surface area contributed by atoms with Gasteiger partial charge in [0, 0.05) is 25.8 Å². The number of aromatic nitrogens is 2. The van der Waals surface area contributed by atoms with Gasteiger partial charge in [0.25, 0.3) is 5.91 Å². The summed E-state index contributed by atoms with van der Waals surface area (Å²) >= 11 is 0. The molecule has 1 atom stereocenters. The maximum atomic E-state index is 12.7. The molecule has 0 bridgehead atoms. The van der Waals surface area contributed by atoms with Crippen LogP contribution in [0.25, 0.3) is 0 Å². The fourth-order valence-electron chi connectivity index (χ4n) is 3.40. The molecule has 2 aliphatic rings. The Labute approximate surface area is 146 Å². The summed E-state index contributed by atoms with van der Waals surface area (Å²) in [4.78, 5) is 25.8. The van der Waals surface area contributed by atoms with Gasteiger partial charge in [-0.3, -0.25) is 4.79 Å². The van der Waals surface area contributed by atoms with E-state index in [1.807, 2.05) is 11.0 Å². The van der Waals surface area contributed by atoms with Crippen LogP contribution in [0, 0.1) is 6.92 Å². The number of furan rings is 1. The molecule has 2 aromatic rings. The number of morpholine rings is 1. The van der Waals surface area contributed by atoms with Crippen molar-refractivity contribution in [3.05, 3.63) is 41.6 Å². The first-order valence-electron chi connectivity index (χ1n) is 8.75. The Balaban J connectivity index is 1.50. The number of rotatable bonds is 3. The molecule has 1 amide bonds. The van der Waals surface area contributed by atoms with Crippen molar-refractivity contribution in [2.24, 2.45) is 0 Å². The molecule has 0 unspecified atom stereocenters. The van der Waals surface area contributed by atoms with Crippen molar-refractivity contribution in [1.82, 2.24) is 14.9 Å². The molecule has 2 aromatic heterocycles. The van der Waals surface area contributed by atoms with E-state index in [9.17, 15) is 4.79 Å². The van der Waals surface area contributed by atoms with Gasteiger partial charge in [-0.2, -0.15) is 0 Å². The fraction of sp³-hybridized carbons (Fsp3) is 0.500. The minimum atomic E-state index is -0.228. The van der Waals surface area contributed by atoms with Crippen molar-refractivity contribution in [1.29, 1.82) is 0 Å². The lowest BCUT2D eigenvalue weighted by atomic mass is 10.1. The summed E-state index contributed by atoms with van der Waals surface area (Å²) in [6, 6.07) is 3.60. The third-order valence-electron chi connectivity index (χ3n) is 4.83. The van der Waals surface area contributed by atoms with E-state index in [-0.39, 0.29) is 12.0 Å². The van der Waals surface area contributed by atoms with Crippen LogP contribution in [0.1, 0.15) is 40.8 Å². The molecule has 2 saturated heterocycles. The van der Waals surface area contributed by atoms with Crippen LogP contribution >= 0.6 is 0 Å². The molecule has 0 saturated carbocycles. The van der Waals surface area contributed by atoms with Crippen molar-refractivity contribution in [3.8, 4) is 0 Å². The van der Waals surface area contributed by atoms with Gasteiger partial charge < -0.3 is 19.0 Å². The van der Waals surface area contributed by atoms with Crippen LogP contribution in [0.5, 0.6) is 0 Å². The van der Waals surface area contributed by atoms with Gasteiger partial charge in [-0.25, -0.2) is 9.97 Å². The molecule has 25 heavy (non-hydrogen) atoms. The lowest BCUT2D eigenvalue weighted by molar-refractivity contribution is -0.0248. The lowest BCUT2D eigenvalue weighted by Crippen LogP contribution is -2.42. The van der Waals surface area contributed by atoms with E-state index >= 15 is 0 Å². The lowest BCUT2D eigenvalue weighted by Gasteiger charge is -2.32. The summed E-state index contributed by atoms with van der Waals surface area (Å²) in [5, 5.41) is 0. The maximum absolute atomic E-state index is 12.7. The van der Waals surface area contributed by atoms with Crippen molar-refractivity contribution >= 4 is 11.9 Å². The standard InChI is InChI=1S/C18H22N4O3/c1-13-14(5-10-24-13)17(23)22-9-11-25-16(12-22)15-4-6-19-18(20-15)21-7-2-3-8-21/h4-6,10,16H,2-3,7-9,11-12H2,1H3/t16-/m0/s1. The van der Waals surface area contributed by atoms with Gasteiger partial charge >= 0.3 is 0 Å². The fourth-order valence-corrected chi connectivity index (χ4v) is 3.40. The molecular weight excluding hydrogens is 320 g/mol. The van der Waals surface area contributed by atoms with E-state index in [0.29, 0.717) is 31.0 Å². The summed E-state index contributed by atoms with van der Waals surface area (Å²) in [7, 11) is 0. The molecule has 2 aliphatic heterocycles. The second-order valence-corrected chi connectivity index (χ2v) is 6.48. The summed E-state index contributed by atoms with van der Waals surface area (Å²) in [5.41, 5.74) is 1.44. The number of nitrogens with zero attached hydrogens (tertiary/aromatic N) is 4. The molecule has 0 radical (unpaired) electrons. The van der Waals surface area contributed by atoms with Crippen molar-refractivity contribution < 1.29 is 13.9 Å². The number of aryl methyl sites for hydroxylation is 1. The zero-order valence-electron chi connectivity index (χ0n) is 14.4. The smallest absolute Gasteiger partial charge is 0.257 e. The zero-order chi connectivity index (χ0) is 17.2. The highest BCUT2D eigenvalue weighted by Gasteiger charge is 2.29. The third kappa shape index (κ3) is 3.24. The first kappa shape index (κ1) is 16.1. The number of ether oxygens (including phenoxy) is 1. The largest absolute Gasteiger partial charge is 0.469 e. The monoisotopic (exact) mass is 342 g/mol. The molecule has 7 nitrogen and oxygen atoms in total. The predicted molar refractivity (Wildman–Crippen MR) is 91.5 cm³/mol. The Kier molecular flexibility index (Phi) is 4.40. The highest BCUT2D eigenvalue weighted by molar-refractivity contribution is 5.95. The average molecular weight is 342 g/mol. The number of hydrogen-bond donors (Lipinski definition) is 0. The molecular formula is C18H22N4O3. The van der Waals surface area contributed by atoms with E-state index < -0.39 is 0 Å². The van der Waals surface area contributed by atoms with Gasteiger partial charge in [-0.1, -0.05) is 0 Å². The van der Waals surface area contributed by atoms with Gasteiger partial charge in [0.1, 0.15) is 11.9 Å². The average Bonchev–Trinajstić information content (AvgIpc) is 3.33. The summed E-state index contributed by atoms with van der Waals surface area (Å²) in [5.74, 6) is 1.38. The first-order valence-corrected chi connectivity index (χ1v) is 8.75. The minimum Gasteiger partial charge on any atom is -0.469 e. The van der Waals surface area contributed by atoms with Crippen molar-refractivity contribution in [3.63, 3.8) is 0 Å². The van der Waals surface area contributed by atoms with E-state index in [4.69, 9.17) is 9.15 Å². The minimum absolute atomic E-state index is 0.0200. The van der Waals surface area contributed by atoms with E-state index in [1.54, 1.807) is 25.5 Å². The van der Waals surface area contributed by atoms with Gasteiger partial charge in [0.15, 0.2) is 0 Å². The Morgan fingerprint density at radius 2 is 2.08 bits per heavy atom. The molecule has 132 valence electrons. The first-order chi connectivity index (χ1) is 12.2. The molecule has 4 rings (SSSR count).